The molecule has 0 spiro atoms. The quantitative estimate of drug-likeness (QED) is 0.755. The van der Waals surface area contributed by atoms with Crippen molar-refractivity contribution in [1.29, 1.82) is 5.26 Å². The number of nitriles is 1. The monoisotopic (exact) mass is 251 g/mol. The van der Waals surface area contributed by atoms with Crippen LogP contribution in [-0.2, 0) is 0 Å². The Kier molecular flexibility index (Phi) is 3.08. The van der Waals surface area contributed by atoms with Crippen molar-refractivity contribution >= 4 is 11.8 Å². The second kappa shape index (κ2) is 4.88. The molecule has 88 valence electrons. The summed E-state index contributed by atoms with van der Waals surface area (Å²) in [6.07, 6.45) is 0.617. The molecule has 0 unspecified atom stereocenters. The first-order valence-electron chi connectivity index (χ1n) is 6.08. The minimum atomic E-state index is 0.394. The van der Waals surface area contributed by atoms with Crippen LogP contribution in [0.3, 0.4) is 0 Å². The van der Waals surface area contributed by atoms with E-state index in [0.717, 1.165) is 5.75 Å². The van der Waals surface area contributed by atoms with Crippen molar-refractivity contribution < 1.29 is 0 Å². The minimum Gasteiger partial charge on any atom is -0.198 e. The third kappa shape index (κ3) is 1.81. The highest BCUT2D eigenvalue weighted by Crippen LogP contribution is 2.49. The van der Waals surface area contributed by atoms with E-state index in [1.54, 1.807) is 0 Å². The number of hydrogen-bond donors (Lipinski definition) is 0. The molecule has 0 atom stereocenters. The Labute approximate surface area is 111 Å². The molecular weight excluding hydrogens is 238 g/mol. The molecule has 0 aliphatic heterocycles. The van der Waals surface area contributed by atoms with Gasteiger partial charge < -0.3 is 0 Å². The molecule has 18 heavy (non-hydrogen) atoms. The molecule has 2 aromatic rings. The zero-order chi connectivity index (χ0) is 12.4. The van der Waals surface area contributed by atoms with Crippen LogP contribution in [0.5, 0.6) is 0 Å². The summed E-state index contributed by atoms with van der Waals surface area (Å²) in [4.78, 5) is 0. The molecule has 0 saturated heterocycles. The van der Waals surface area contributed by atoms with Crippen molar-refractivity contribution in [2.24, 2.45) is 0 Å². The first-order valence-corrected chi connectivity index (χ1v) is 7.13. The van der Waals surface area contributed by atoms with Crippen LogP contribution in [0.15, 0.2) is 48.5 Å². The summed E-state index contributed by atoms with van der Waals surface area (Å²) in [6.45, 7) is 0. The van der Waals surface area contributed by atoms with Gasteiger partial charge in [0.05, 0.1) is 11.3 Å². The first-order chi connectivity index (χ1) is 8.92. The van der Waals surface area contributed by atoms with Crippen molar-refractivity contribution in [3.63, 3.8) is 0 Å². The van der Waals surface area contributed by atoms with Gasteiger partial charge >= 0.3 is 0 Å². The summed E-state index contributed by atoms with van der Waals surface area (Å²) in [7, 11) is 0. The van der Waals surface area contributed by atoms with Gasteiger partial charge in [-0.05, 0) is 22.3 Å². The van der Waals surface area contributed by atoms with Crippen molar-refractivity contribution in [1.82, 2.24) is 0 Å². The Morgan fingerprint density at radius 1 is 0.944 bits per heavy atom. The molecule has 1 aliphatic rings. The molecule has 3 rings (SSSR count). The number of thioether (sulfide) groups is 1. The molecule has 2 aromatic carbocycles. The lowest BCUT2D eigenvalue weighted by atomic mass is 10.1. The summed E-state index contributed by atoms with van der Waals surface area (Å²) in [5.41, 5.74) is 5.48. The summed E-state index contributed by atoms with van der Waals surface area (Å²) in [5, 5.41) is 9.06. The van der Waals surface area contributed by atoms with Gasteiger partial charge in [-0.25, -0.2) is 0 Å². The van der Waals surface area contributed by atoms with Gasteiger partial charge in [0.15, 0.2) is 0 Å². The predicted molar refractivity (Wildman–Crippen MR) is 76.4 cm³/mol. The molecule has 0 aromatic heterocycles. The van der Waals surface area contributed by atoms with Gasteiger partial charge in [-0.1, -0.05) is 48.5 Å². The van der Waals surface area contributed by atoms with E-state index >= 15 is 0 Å². The Balaban J connectivity index is 2.01. The second-order valence-electron chi connectivity index (χ2n) is 4.33. The van der Waals surface area contributed by atoms with Crippen LogP contribution in [0.25, 0.3) is 11.1 Å². The number of rotatable bonds is 3. The maximum Gasteiger partial charge on any atom is 0.0630 e. The van der Waals surface area contributed by atoms with Crippen molar-refractivity contribution in [2.45, 2.75) is 11.7 Å². The standard InChI is InChI=1S/C16H13NS/c17-10-5-11-18-16-14-8-3-1-6-12(14)13-7-2-4-9-15(13)16/h1-4,6-9,16H,5,11H2. The van der Waals surface area contributed by atoms with Crippen LogP contribution in [0.2, 0.25) is 0 Å². The van der Waals surface area contributed by atoms with E-state index in [2.05, 4.69) is 54.6 Å². The van der Waals surface area contributed by atoms with Gasteiger partial charge in [-0.15, -0.1) is 11.8 Å². The SMILES string of the molecule is N#CCCSC1c2ccccc2-c2ccccc21. The van der Waals surface area contributed by atoms with Crippen LogP contribution < -0.4 is 0 Å². The van der Waals surface area contributed by atoms with Crippen LogP contribution >= 0.6 is 11.8 Å². The highest BCUT2D eigenvalue weighted by Gasteiger charge is 2.27. The molecule has 0 amide bonds. The fraction of sp³-hybridized carbons (Fsp3) is 0.188. The zero-order valence-electron chi connectivity index (χ0n) is 9.97. The van der Waals surface area contributed by atoms with E-state index in [4.69, 9.17) is 5.26 Å². The average molecular weight is 251 g/mol. The zero-order valence-corrected chi connectivity index (χ0v) is 10.8. The fourth-order valence-corrected chi connectivity index (χ4v) is 3.73. The molecule has 0 heterocycles. The van der Waals surface area contributed by atoms with E-state index in [1.165, 1.54) is 22.3 Å². The van der Waals surface area contributed by atoms with Crippen LogP contribution in [0.1, 0.15) is 22.8 Å². The molecule has 0 saturated carbocycles. The van der Waals surface area contributed by atoms with E-state index < -0.39 is 0 Å². The van der Waals surface area contributed by atoms with Crippen LogP contribution in [0, 0.1) is 11.3 Å². The molecule has 1 nitrogen and oxygen atoms in total. The second-order valence-corrected chi connectivity index (χ2v) is 5.55. The largest absolute Gasteiger partial charge is 0.198 e. The lowest BCUT2D eigenvalue weighted by molar-refractivity contribution is 1.18. The first kappa shape index (κ1) is 11.4. The van der Waals surface area contributed by atoms with Gasteiger partial charge in [0.1, 0.15) is 0 Å². The van der Waals surface area contributed by atoms with E-state index in [1.807, 2.05) is 11.8 Å². The minimum absolute atomic E-state index is 0.394. The summed E-state index contributed by atoms with van der Waals surface area (Å²) in [5.74, 6) is 0.893. The van der Waals surface area contributed by atoms with Gasteiger partial charge in [-0.3, -0.25) is 0 Å². The number of hydrogen-bond acceptors (Lipinski definition) is 2. The topological polar surface area (TPSA) is 23.8 Å². The maximum absolute atomic E-state index is 8.67. The Hall–Kier alpha value is -1.72. The highest BCUT2D eigenvalue weighted by atomic mass is 32.2. The lowest BCUT2D eigenvalue weighted by Gasteiger charge is -2.11. The average Bonchev–Trinajstić information content (AvgIpc) is 2.74. The Morgan fingerprint density at radius 3 is 2.06 bits per heavy atom. The number of nitrogens with zero attached hydrogens (tertiary/aromatic N) is 1. The van der Waals surface area contributed by atoms with Crippen molar-refractivity contribution in [3.05, 3.63) is 59.7 Å². The third-order valence-corrected chi connectivity index (χ3v) is 4.56. The van der Waals surface area contributed by atoms with Gasteiger partial charge in [0, 0.05) is 12.2 Å². The van der Waals surface area contributed by atoms with E-state index in [-0.39, 0.29) is 0 Å². The predicted octanol–water partition coefficient (Wildman–Crippen LogP) is 4.40. The smallest absolute Gasteiger partial charge is 0.0630 e. The number of fused-ring (bicyclic) bond motifs is 3. The third-order valence-electron chi connectivity index (χ3n) is 3.28. The maximum atomic E-state index is 8.67. The van der Waals surface area contributed by atoms with Crippen LogP contribution in [0.4, 0.5) is 0 Å². The molecule has 0 N–H and O–H groups in total. The number of benzene rings is 2. The summed E-state index contributed by atoms with van der Waals surface area (Å²) < 4.78 is 0. The van der Waals surface area contributed by atoms with Crippen molar-refractivity contribution in [2.75, 3.05) is 5.75 Å². The van der Waals surface area contributed by atoms with Gasteiger partial charge in [0.25, 0.3) is 0 Å². The molecule has 0 bridgehead atoms. The molecule has 1 aliphatic carbocycles. The fourth-order valence-electron chi connectivity index (χ4n) is 2.51. The van der Waals surface area contributed by atoms with Crippen LogP contribution in [-0.4, -0.2) is 5.75 Å². The Morgan fingerprint density at radius 2 is 1.50 bits per heavy atom. The van der Waals surface area contributed by atoms with Gasteiger partial charge in [-0.2, -0.15) is 5.26 Å². The molecule has 2 heteroatoms. The Bertz CT molecular complexity index is 567. The summed E-state index contributed by atoms with van der Waals surface area (Å²) in [6, 6.07) is 19.4. The van der Waals surface area contributed by atoms with Gasteiger partial charge in [0.2, 0.25) is 0 Å². The molecule has 0 fully saturated rings. The lowest BCUT2D eigenvalue weighted by Crippen LogP contribution is -1.92. The highest BCUT2D eigenvalue weighted by molar-refractivity contribution is 7.99. The normalized spacial score (nSPS) is 12.8. The van der Waals surface area contributed by atoms with E-state index in [9.17, 15) is 0 Å². The van der Waals surface area contributed by atoms with E-state index in [0.29, 0.717) is 11.7 Å². The molecular formula is C16H13NS. The molecule has 0 radical (unpaired) electrons. The van der Waals surface area contributed by atoms with Crippen molar-refractivity contribution in [3.8, 4) is 17.2 Å². The summed E-state index contributed by atoms with van der Waals surface area (Å²) >= 11 is 1.87.